The number of sulfone groups is 1. The van der Waals surface area contributed by atoms with Crippen LogP contribution >= 0.6 is 11.6 Å². The first-order valence-electron chi connectivity index (χ1n) is 8.56. The van der Waals surface area contributed by atoms with Crippen LogP contribution in [0.2, 0.25) is 5.02 Å². The van der Waals surface area contributed by atoms with Crippen molar-refractivity contribution >= 4 is 38.2 Å². The molecular formula is C18H21ClN2O5S. The number of rotatable bonds is 7. The van der Waals surface area contributed by atoms with E-state index in [2.05, 4.69) is 4.98 Å². The molecule has 1 aromatic heterocycles. The molecule has 2 aromatic rings. The third-order valence-corrected chi connectivity index (χ3v) is 6.62. The van der Waals surface area contributed by atoms with E-state index in [1.54, 1.807) is 29.3 Å². The molecule has 0 bridgehead atoms. The molecule has 0 saturated carbocycles. The number of fused-ring (bicyclic) bond motifs is 1. The summed E-state index contributed by atoms with van der Waals surface area (Å²) in [5.74, 6) is 0.247. The smallest absolute Gasteiger partial charge is 0.260 e. The zero-order valence-corrected chi connectivity index (χ0v) is 16.5. The summed E-state index contributed by atoms with van der Waals surface area (Å²) in [5.41, 5.74) is 0.574. The van der Waals surface area contributed by atoms with Gasteiger partial charge in [-0.2, -0.15) is 0 Å². The van der Waals surface area contributed by atoms with E-state index >= 15 is 0 Å². The Labute approximate surface area is 163 Å². The third-order valence-electron chi connectivity index (χ3n) is 4.54. The highest BCUT2D eigenvalue weighted by molar-refractivity contribution is 7.91. The van der Waals surface area contributed by atoms with E-state index < -0.39 is 9.84 Å². The van der Waals surface area contributed by atoms with Crippen molar-refractivity contribution in [3.63, 3.8) is 0 Å². The number of methoxy groups -OCH3 is 1. The monoisotopic (exact) mass is 412 g/mol. The molecule has 27 heavy (non-hydrogen) atoms. The molecule has 2 heterocycles. The van der Waals surface area contributed by atoms with E-state index in [1.165, 1.54) is 7.11 Å². The molecule has 0 aliphatic carbocycles. The fourth-order valence-corrected chi connectivity index (χ4v) is 5.12. The standard InChI is InChI=1S/C18H21ClN2O5S/c1-25-9-8-21(13-6-10-27(23,24)12-13)17(22)11-26-16-5-4-15(19)14-3-2-7-20-18(14)16/h2-5,7,13H,6,8-12H2,1H3/t13-/m1/s1. The lowest BCUT2D eigenvalue weighted by atomic mass is 10.2. The van der Waals surface area contributed by atoms with Crippen molar-refractivity contribution in [2.45, 2.75) is 12.5 Å². The van der Waals surface area contributed by atoms with Crippen molar-refractivity contribution in [2.24, 2.45) is 0 Å². The van der Waals surface area contributed by atoms with Crippen molar-refractivity contribution in [3.8, 4) is 5.75 Å². The summed E-state index contributed by atoms with van der Waals surface area (Å²) >= 11 is 6.17. The molecule has 1 atom stereocenters. The maximum absolute atomic E-state index is 12.7. The average Bonchev–Trinajstić information content (AvgIpc) is 3.01. The Hall–Kier alpha value is -1.90. The topological polar surface area (TPSA) is 85.8 Å². The van der Waals surface area contributed by atoms with Gasteiger partial charge in [0.2, 0.25) is 0 Å². The molecule has 1 aliphatic rings. The van der Waals surface area contributed by atoms with Gasteiger partial charge < -0.3 is 14.4 Å². The Bertz CT molecular complexity index is 934. The quantitative estimate of drug-likeness (QED) is 0.690. The SMILES string of the molecule is COCCN(C(=O)COc1ccc(Cl)c2cccnc12)[C@@H]1CCS(=O)(=O)C1. The minimum atomic E-state index is -3.10. The summed E-state index contributed by atoms with van der Waals surface area (Å²) in [6.45, 7) is 0.430. The van der Waals surface area contributed by atoms with Crippen molar-refractivity contribution in [3.05, 3.63) is 35.5 Å². The van der Waals surface area contributed by atoms with Crippen LogP contribution in [0.25, 0.3) is 10.9 Å². The van der Waals surface area contributed by atoms with Crippen LogP contribution in [0.3, 0.4) is 0 Å². The van der Waals surface area contributed by atoms with E-state index in [9.17, 15) is 13.2 Å². The largest absolute Gasteiger partial charge is 0.481 e. The Kier molecular flexibility index (Phi) is 6.18. The number of aromatic nitrogens is 1. The number of pyridine rings is 1. The fourth-order valence-electron chi connectivity index (χ4n) is 3.17. The van der Waals surface area contributed by atoms with E-state index in [-0.39, 0.29) is 30.1 Å². The number of ether oxygens (including phenoxy) is 2. The lowest BCUT2D eigenvalue weighted by molar-refractivity contribution is -0.135. The van der Waals surface area contributed by atoms with E-state index in [0.717, 1.165) is 5.39 Å². The van der Waals surface area contributed by atoms with E-state index in [4.69, 9.17) is 21.1 Å². The summed E-state index contributed by atoms with van der Waals surface area (Å²) in [4.78, 5) is 18.5. The highest BCUT2D eigenvalue weighted by Crippen LogP contribution is 2.29. The fraction of sp³-hybridized carbons (Fsp3) is 0.444. The number of carbonyl (C=O) groups excluding carboxylic acids is 1. The molecule has 1 amide bonds. The molecule has 3 rings (SSSR count). The zero-order chi connectivity index (χ0) is 19.4. The number of hydrogen-bond donors (Lipinski definition) is 0. The molecule has 0 unspecified atom stereocenters. The number of benzene rings is 1. The highest BCUT2D eigenvalue weighted by Gasteiger charge is 2.34. The maximum atomic E-state index is 12.7. The van der Waals surface area contributed by atoms with Crippen LogP contribution in [0.4, 0.5) is 0 Å². The number of nitrogens with zero attached hydrogens (tertiary/aromatic N) is 2. The molecule has 0 spiro atoms. The molecule has 1 aliphatic heterocycles. The maximum Gasteiger partial charge on any atom is 0.260 e. The second kappa shape index (κ2) is 8.41. The van der Waals surface area contributed by atoms with Crippen LogP contribution in [0, 0.1) is 0 Å². The second-order valence-electron chi connectivity index (χ2n) is 6.37. The Morgan fingerprint density at radius 1 is 1.37 bits per heavy atom. The van der Waals surface area contributed by atoms with Gasteiger partial charge in [0.05, 0.1) is 23.1 Å². The Balaban J connectivity index is 1.74. The van der Waals surface area contributed by atoms with Crippen LogP contribution in [-0.4, -0.2) is 68.6 Å². The molecular weight excluding hydrogens is 392 g/mol. The molecule has 1 aromatic carbocycles. The molecule has 0 N–H and O–H groups in total. The van der Waals surface area contributed by atoms with Crippen LogP contribution in [0.1, 0.15) is 6.42 Å². The van der Waals surface area contributed by atoms with Crippen LogP contribution in [0.15, 0.2) is 30.5 Å². The number of amides is 1. The summed E-state index contributed by atoms with van der Waals surface area (Å²) in [5, 5.41) is 1.29. The van der Waals surface area contributed by atoms with Gasteiger partial charge in [0.1, 0.15) is 11.3 Å². The molecule has 1 fully saturated rings. The molecule has 9 heteroatoms. The average molecular weight is 413 g/mol. The minimum Gasteiger partial charge on any atom is -0.481 e. The van der Waals surface area contributed by atoms with Gasteiger partial charge in [-0.25, -0.2) is 8.42 Å². The zero-order valence-electron chi connectivity index (χ0n) is 14.9. The summed E-state index contributed by atoms with van der Waals surface area (Å²) in [7, 11) is -1.56. The minimum absolute atomic E-state index is 0.0200. The van der Waals surface area contributed by atoms with E-state index in [0.29, 0.717) is 35.9 Å². The first kappa shape index (κ1) is 19.9. The highest BCUT2D eigenvalue weighted by atomic mass is 35.5. The Morgan fingerprint density at radius 2 is 2.19 bits per heavy atom. The summed E-state index contributed by atoms with van der Waals surface area (Å²) in [6.07, 6.45) is 2.06. The Morgan fingerprint density at radius 3 is 2.89 bits per heavy atom. The predicted octanol–water partition coefficient (Wildman–Crippen LogP) is 1.93. The molecule has 146 valence electrons. The van der Waals surface area contributed by atoms with Crippen LogP contribution in [-0.2, 0) is 19.4 Å². The van der Waals surface area contributed by atoms with Crippen molar-refractivity contribution in [1.29, 1.82) is 0 Å². The van der Waals surface area contributed by atoms with Gasteiger partial charge in [-0.15, -0.1) is 0 Å². The first-order valence-corrected chi connectivity index (χ1v) is 10.8. The van der Waals surface area contributed by atoms with Gasteiger partial charge in [0, 0.05) is 31.3 Å². The van der Waals surface area contributed by atoms with E-state index in [1.807, 2.05) is 6.07 Å². The third kappa shape index (κ3) is 4.69. The van der Waals surface area contributed by atoms with Crippen molar-refractivity contribution in [1.82, 2.24) is 9.88 Å². The molecule has 1 saturated heterocycles. The number of hydrogen-bond acceptors (Lipinski definition) is 6. The summed E-state index contributed by atoms with van der Waals surface area (Å²) in [6, 6.07) is 6.62. The van der Waals surface area contributed by atoms with Gasteiger partial charge in [-0.1, -0.05) is 11.6 Å². The second-order valence-corrected chi connectivity index (χ2v) is 9.01. The van der Waals surface area contributed by atoms with Gasteiger partial charge in [-0.05, 0) is 30.7 Å². The normalized spacial score (nSPS) is 18.5. The van der Waals surface area contributed by atoms with Crippen LogP contribution in [0.5, 0.6) is 5.75 Å². The van der Waals surface area contributed by atoms with Gasteiger partial charge in [0.15, 0.2) is 16.4 Å². The predicted molar refractivity (Wildman–Crippen MR) is 103 cm³/mol. The molecule has 7 nitrogen and oxygen atoms in total. The molecule has 0 radical (unpaired) electrons. The van der Waals surface area contributed by atoms with Gasteiger partial charge in [-0.3, -0.25) is 9.78 Å². The van der Waals surface area contributed by atoms with Gasteiger partial charge in [0.25, 0.3) is 5.91 Å². The first-order chi connectivity index (χ1) is 12.9. The lowest BCUT2D eigenvalue weighted by Crippen LogP contribution is -2.45. The lowest BCUT2D eigenvalue weighted by Gasteiger charge is -2.28. The number of halogens is 1. The van der Waals surface area contributed by atoms with Gasteiger partial charge >= 0.3 is 0 Å². The number of carbonyl (C=O) groups is 1. The van der Waals surface area contributed by atoms with Crippen molar-refractivity contribution in [2.75, 3.05) is 38.4 Å². The van der Waals surface area contributed by atoms with Crippen LogP contribution < -0.4 is 4.74 Å². The summed E-state index contributed by atoms with van der Waals surface area (Å²) < 4.78 is 34.3. The van der Waals surface area contributed by atoms with Crippen molar-refractivity contribution < 1.29 is 22.7 Å².